The number of aromatic nitrogens is 5. The Labute approximate surface area is 148 Å². The quantitative estimate of drug-likeness (QED) is 0.530. The van der Waals surface area contributed by atoms with E-state index in [1.165, 1.54) is 11.8 Å². The van der Waals surface area contributed by atoms with Gasteiger partial charge < -0.3 is 4.40 Å². The van der Waals surface area contributed by atoms with Crippen molar-refractivity contribution < 1.29 is 0 Å². The zero-order chi connectivity index (χ0) is 17.2. The van der Waals surface area contributed by atoms with Crippen molar-refractivity contribution in [2.75, 3.05) is 0 Å². The van der Waals surface area contributed by atoms with Gasteiger partial charge in [0.25, 0.3) is 0 Å². The number of para-hydroxylation sites is 1. The number of fused-ring (bicyclic) bond motifs is 1. The second kappa shape index (κ2) is 6.42. The number of rotatable bonds is 4. The summed E-state index contributed by atoms with van der Waals surface area (Å²) < 4.78 is 3.71. The SMILES string of the molecule is Cc1ccccc1-n1nnnc1SCc1cn2ccccc2c1C#N. The minimum atomic E-state index is 0.622. The van der Waals surface area contributed by atoms with E-state index < -0.39 is 0 Å². The van der Waals surface area contributed by atoms with Crippen molar-refractivity contribution in [3.8, 4) is 11.8 Å². The van der Waals surface area contributed by atoms with Gasteiger partial charge in [-0.2, -0.15) is 9.94 Å². The Morgan fingerprint density at radius 3 is 2.84 bits per heavy atom. The lowest BCUT2D eigenvalue weighted by Gasteiger charge is -2.06. The van der Waals surface area contributed by atoms with Crippen molar-refractivity contribution in [1.82, 2.24) is 24.6 Å². The van der Waals surface area contributed by atoms with Crippen LogP contribution in [0.15, 0.2) is 60.0 Å². The van der Waals surface area contributed by atoms with E-state index in [2.05, 4.69) is 21.6 Å². The number of hydrogen-bond donors (Lipinski definition) is 0. The third-order valence-electron chi connectivity index (χ3n) is 4.02. The maximum Gasteiger partial charge on any atom is 0.214 e. The van der Waals surface area contributed by atoms with Crippen LogP contribution in [0.2, 0.25) is 0 Å². The summed E-state index contributed by atoms with van der Waals surface area (Å²) in [6, 6.07) is 16.1. The zero-order valence-electron chi connectivity index (χ0n) is 13.5. The Kier molecular flexibility index (Phi) is 3.96. The molecule has 0 bridgehead atoms. The number of pyridine rings is 1. The molecule has 25 heavy (non-hydrogen) atoms. The Bertz CT molecular complexity index is 1090. The maximum atomic E-state index is 9.51. The van der Waals surface area contributed by atoms with E-state index in [1.54, 1.807) is 4.68 Å². The molecule has 3 aromatic heterocycles. The molecule has 7 heteroatoms. The number of nitrogens with zero attached hydrogens (tertiary/aromatic N) is 6. The van der Waals surface area contributed by atoms with Gasteiger partial charge in [-0.1, -0.05) is 36.0 Å². The van der Waals surface area contributed by atoms with Crippen LogP contribution < -0.4 is 0 Å². The number of thioether (sulfide) groups is 1. The number of tetrazole rings is 1. The molecule has 0 radical (unpaired) electrons. The van der Waals surface area contributed by atoms with Crippen LogP contribution in [0.1, 0.15) is 16.7 Å². The van der Waals surface area contributed by atoms with Crippen LogP contribution in [0.4, 0.5) is 0 Å². The lowest BCUT2D eigenvalue weighted by Crippen LogP contribution is -2.01. The van der Waals surface area contributed by atoms with E-state index in [-0.39, 0.29) is 0 Å². The summed E-state index contributed by atoms with van der Waals surface area (Å²) in [5.74, 6) is 0.622. The highest BCUT2D eigenvalue weighted by Crippen LogP contribution is 2.27. The van der Waals surface area contributed by atoms with Crippen LogP contribution in [-0.4, -0.2) is 24.6 Å². The molecule has 4 rings (SSSR count). The fraction of sp³-hybridized carbons (Fsp3) is 0.111. The third-order valence-corrected chi connectivity index (χ3v) is 4.98. The summed E-state index contributed by atoms with van der Waals surface area (Å²) in [7, 11) is 0. The van der Waals surface area contributed by atoms with E-state index in [0.717, 1.165) is 22.3 Å². The van der Waals surface area contributed by atoms with Gasteiger partial charge >= 0.3 is 0 Å². The summed E-state index contributed by atoms with van der Waals surface area (Å²) in [4.78, 5) is 0. The van der Waals surface area contributed by atoms with Crippen LogP contribution in [0, 0.1) is 18.3 Å². The Morgan fingerprint density at radius 1 is 1.16 bits per heavy atom. The molecule has 0 aliphatic heterocycles. The highest BCUT2D eigenvalue weighted by atomic mass is 32.2. The Hall–Kier alpha value is -3.11. The molecule has 1 aromatic carbocycles. The molecular formula is C18H14N6S. The van der Waals surface area contributed by atoms with Gasteiger partial charge in [0, 0.05) is 18.1 Å². The lowest BCUT2D eigenvalue weighted by atomic mass is 10.2. The van der Waals surface area contributed by atoms with Crippen molar-refractivity contribution in [3.05, 3.63) is 71.5 Å². The maximum absolute atomic E-state index is 9.51. The molecular weight excluding hydrogens is 332 g/mol. The van der Waals surface area contributed by atoms with Crippen molar-refractivity contribution in [1.29, 1.82) is 5.26 Å². The first kappa shape index (κ1) is 15.4. The molecule has 0 aliphatic carbocycles. The average molecular weight is 346 g/mol. The first-order valence-electron chi connectivity index (χ1n) is 7.74. The highest BCUT2D eigenvalue weighted by molar-refractivity contribution is 7.98. The van der Waals surface area contributed by atoms with Crippen LogP contribution in [0.5, 0.6) is 0 Å². The largest absolute Gasteiger partial charge is 0.322 e. The second-order valence-corrected chi connectivity index (χ2v) is 6.53. The zero-order valence-corrected chi connectivity index (χ0v) is 14.3. The fourth-order valence-electron chi connectivity index (χ4n) is 2.78. The normalized spacial score (nSPS) is 10.9. The number of aryl methyl sites for hydroxylation is 1. The number of hydrogen-bond acceptors (Lipinski definition) is 5. The highest BCUT2D eigenvalue weighted by Gasteiger charge is 2.14. The van der Waals surface area contributed by atoms with Crippen LogP contribution in [0.25, 0.3) is 11.2 Å². The standard InChI is InChI=1S/C18H14N6S/c1-13-6-2-3-7-16(13)24-18(20-21-22-24)25-12-14-11-23-9-5-4-8-17(23)15(14)10-19/h2-9,11H,12H2,1H3. The summed E-state index contributed by atoms with van der Waals surface area (Å²) in [6.07, 6.45) is 3.94. The fourth-order valence-corrected chi connectivity index (χ4v) is 3.63. The predicted molar refractivity (Wildman–Crippen MR) is 95.6 cm³/mol. The molecule has 6 nitrogen and oxygen atoms in total. The average Bonchev–Trinajstić information content (AvgIpc) is 3.24. The van der Waals surface area contributed by atoms with Gasteiger partial charge in [0.05, 0.1) is 16.8 Å². The third kappa shape index (κ3) is 2.77. The van der Waals surface area contributed by atoms with E-state index in [9.17, 15) is 5.26 Å². The minimum absolute atomic E-state index is 0.622. The van der Waals surface area contributed by atoms with Gasteiger partial charge in [-0.15, -0.1) is 5.10 Å². The summed E-state index contributed by atoms with van der Waals surface area (Å²) in [5.41, 5.74) is 4.64. The Morgan fingerprint density at radius 2 is 2.00 bits per heavy atom. The Balaban J connectivity index is 1.65. The first-order valence-corrected chi connectivity index (χ1v) is 8.72. The van der Waals surface area contributed by atoms with Crippen LogP contribution in [-0.2, 0) is 5.75 Å². The second-order valence-electron chi connectivity index (χ2n) is 5.58. The molecule has 0 N–H and O–H groups in total. The van der Waals surface area contributed by atoms with E-state index in [1.807, 2.05) is 66.2 Å². The molecule has 0 saturated heterocycles. The van der Waals surface area contributed by atoms with E-state index >= 15 is 0 Å². The van der Waals surface area contributed by atoms with Gasteiger partial charge in [0.15, 0.2) is 0 Å². The molecule has 0 unspecified atom stereocenters. The van der Waals surface area contributed by atoms with E-state index in [0.29, 0.717) is 16.5 Å². The molecule has 122 valence electrons. The molecule has 0 fully saturated rings. The van der Waals surface area contributed by atoms with Crippen molar-refractivity contribution in [3.63, 3.8) is 0 Å². The van der Waals surface area contributed by atoms with Gasteiger partial charge in [-0.05, 0) is 46.7 Å². The molecule has 0 atom stereocenters. The number of nitriles is 1. The monoisotopic (exact) mass is 346 g/mol. The summed E-state index contributed by atoms with van der Waals surface area (Å²) in [6.45, 7) is 2.03. The molecule has 3 heterocycles. The van der Waals surface area contributed by atoms with Gasteiger partial charge in [-0.3, -0.25) is 0 Å². The first-order chi connectivity index (χ1) is 12.3. The molecule has 0 amide bonds. The molecule has 0 spiro atoms. The van der Waals surface area contributed by atoms with Crippen molar-refractivity contribution >= 4 is 17.3 Å². The van der Waals surface area contributed by atoms with Crippen molar-refractivity contribution in [2.24, 2.45) is 0 Å². The van der Waals surface area contributed by atoms with Gasteiger partial charge in [0.1, 0.15) is 6.07 Å². The minimum Gasteiger partial charge on any atom is -0.322 e. The van der Waals surface area contributed by atoms with E-state index in [4.69, 9.17) is 0 Å². The predicted octanol–water partition coefficient (Wildman–Crippen LogP) is 3.39. The van der Waals surface area contributed by atoms with Gasteiger partial charge in [-0.25, -0.2) is 0 Å². The van der Waals surface area contributed by atoms with Crippen LogP contribution in [0.3, 0.4) is 0 Å². The molecule has 0 aliphatic rings. The lowest BCUT2D eigenvalue weighted by molar-refractivity contribution is 0.752. The smallest absolute Gasteiger partial charge is 0.214 e. The molecule has 0 saturated carbocycles. The van der Waals surface area contributed by atoms with Crippen molar-refractivity contribution in [2.45, 2.75) is 17.8 Å². The molecule has 4 aromatic rings. The number of benzene rings is 1. The summed E-state index contributed by atoms with van der Waals surface area (Å²) in [5, 5.41) is 22.3. The van der Waals surface area contributed by atoms with Gasteiger partial charge in [0.2, 0.25) is 5.16 Å². The van der Waals surface area contributed by atoms with Crippen LogP contribution >= 0.6 is 11.8 Å². The summed E-state index contributed by atoms with van der Waals surface area (Å²) >= 11 is 1.52. The topological polar surface area (TPSA) is 71.8 Å².